The highest BCUT2D eigenvalue weighted by Gasteiger charge is 2.63. The van der Waals surface area contributed by atoms with Crippen molar-refractivity contribution < 1.29 is 60.0 Å². The van der Waals surface area contributed by atoms with Gasteiger partial charge < -0.3 is 39.8 Å². The molecule has 5 aromatic rings. The number of hydrogen-bond donors (Lipinski definition) is 3. The van der Waals surface area contributed by atoms with E-state index in [1.54, 1.807) is 13.8 Å². The fourth-order valence-corrected chi connectivity index (χ4v) is 10.2. The van der Waals surface area contributed by atoms with Gasteiger partial charge in [-0.15, -0.1) is 0 Å². The fraction of sp³-hybridized carbons (Fsp3) is 0.484. The maximum absolute atomic E-state index is 16.6. The van der Waals surface area contributed by atoms with Gasteiger partial charge in [-0.25, -0.2) is 28.5 Å². The molecule has 0 amide bonds. The van der Waals surface area contributed by atoms with Crippen molar-refractivity contribution in [2.75, 3.05) is 31.3 Å². The van der Waals surface area contributed by atoms with E-state index in [2.05, 4.69) is 29.9 Å². The molecular weight excluding hydrogens is 785 g/mol. The number of halogens is 1. The summed E-state index contributed by atoms with van der Waals surface area (Å²) in [5.41, 5.74) is 9.28. The van der Waals surface area contributed by atoms with Crippen LogP contribution in [0.3, 0.4) is 0 Å². The number of rotatable bonds is 8. The van der Waals surface area contributed by atoms with Gasteiger partial charge in [-0.1, -0.05) is 6.07 Å². The Morgan fingerprint density at radius 1 is 0.875 bits per heavy atom. The second-order valence-electron chi connectivity index (χ2n) is 13.8. The number of imidazole rings is 2. The van der Waals surface area contributed by atoms with E-state index in [-0.39, 0.29) is 59.3 Å². The van der Waals surface area contributed by atoms with E-state index >= 15 is 4.39 Å². The van der Waals surface area contributed by atoms with E-state index in [1.165, 1.54) is 59.9 Å². The number of anilines is 2. The van der Waals surface area contributed by atoms with Gasteiger partial charge in [0.05, 0.1) is 38.2 Å². The third-order valence-corrected chi connectivity index (χ3v) is 12.5. The molecule has 4 saturated heterocycles. The quantitative estimate of drug-likeness (QED) is 0.189. The van der Waals surface area contributed by atoms with E-state index in [0.29, 0.717) is 17.8 Å². The molecule has 1 aromatic carbocycles. The number of alkyl halides is 1. The van der Waals surface area contributed by atoms with Gasteiger partial charge in [0.25, 0.3) is 0 Å². The van der Waals surface area contributed by atoms with E-state index in [0.717, 1.165) is 0 Å². The zero-order valence-electron chi connectivity index (χ0n) is 30.0. The van der Waals surface area contributed by atoms with Crippen LogP contribution < -0.4 is 25.3 Å². The Bertz CT molecular complexity index is 2470. The molecule has 8 heterocycles. The van der Waals surface area contributed by atoms with Crippen molar-refractivity contribution in [1.29, 1.82) is 0 Å². The summed E-state index contributed by atoms with van der Waals surface area (Å²) < 4.78 is 98.5. The lowest BCUT2D eigenvalue weighted by Gasteiger charge is -2.35. The molecule has 9 rings (SSSR count). The molecule has 10 atom stereocenters. The Morgan fingerprint density at radius 3 is 2.09 bits per heavy atom. The summed E-state index contributed by atoms with van der Waals surface area (Å²) in [6.07, 6.45) is -4.22. The fourth-order valence-electron chi connectivity index (χ4n) is 7.23. The number of hydrogen-bond acceptors (Lipinski definition) is 20. The molecule has 2 unspecified atom stereocenters. The number of phosphoric acid groups is 2. The molecule has 4 fully saturated rings. The van der Waals surface area contributed by atoms with E-state index < -0.39 is 63.8 Å². The lowest BCUT2D eigenvalue weighted by atomic mass is 9.96. The highest BCUT2D eigenvalue weighted by Crippen LogP contribution is 2.61. The Kier molecular flexibility index (Phi) is 8.58. The number of fused-ring (bicyclic) bond motifs is 4. The third kappa shape index (κ3) is 6.05. The average Bonchev–Trinajstić information content (AvgIpc) is 3.86. The standard InChI is InChI=1S/C31H35FN10O12P2/c1-5-46-25-20-24(39-29(34)40-25)42(13-36-20)27-31(4,43)22-18(50-27)11-48-56(45,54-22)52-16-8-6-7-15(9-16)51-55(44)47-10-17-21(53-55)30(3,32)26(49-17)41-12-35-19-14(2)37-28(33)38-23(19)41/h6-9,12-13,17-18,21-22,26-27,43H,5,10-11H2,1-4H3,(H2,33,37,38)(H2,34,39,40)/t17-,18-,21-,22-,26-,27-,30-,31-,55?,56?/m1/s1. The second-order valence-corrected chi connectivity index (χ2v) is 16.9. The normalized spacial score (nSPS) is 35.4. The molecule has 0 saturated carbocycles. The van der Waals surface area contributed by atoms with Crippen molar-refractivity contribution >= 4 is 49.9 Å². The van der Waals surface area contributed by atoms with Gasteiger partial charge >= 0.3 is 15.6 Å². The van der Waals surface area contributed by atoms with Gasteiger partial charge in [-0.05, 0) is 39.8 Å². The Balaban J connectivity index is 0.895. The molecule has 0 aliphatic carbocycles. The van der Waals surface area contributed by atoms with Crippen LogP contribution in [-0.2, 0) is 36.7 Å². The summed E-state index contributed by atoms with van der Waals surface area (Å²) in [6, 6.07) is 5.48. The topological polar surface area (TPSA) is 277 Å². The number of ether oxygens (including phenoxy) is 3. The van der Waals surface area contributed by atoms with Crippen LogP contribution in [0.5, 0.6) is 17.4 Å². The average molecular weight is 821 g/mol. The van der Waals surface area contributed by atoms with Crippen molar-refractivity contribution in [3.63, 3.8) is 0 Å². The first-order chi connectivity index (χ1) is 26.6. The number of aryl methyl sites for hydroxylation is 1. The molecule has 5 N–H and O–H groups in total. The zero-order valence-corrected chi connectivity index (χ0v) is 31.8. The number of benzene rings is 1. The monoisotopic (exact) mass is 820 g/mol. The minimum atomic E-state index is -4.48. The van der Waals surface area contributed by atoms with Crippen LogP contribution >= 0.6 is 15.6 Å². The summed E-state index contributed by atoms with van der Waals surface area (Å²) in [5.74, 6) is -0.168. The summed E-state index contributed by atoms with van der Waals surface area (Å²) in [4.78, 5) is 25.2. The summed E-state index contributed by atoms with van der Waals surface area (Å²) >= 11 is 0. The van der Waals surface area contributed by atoms with Crippen molar-refractivity contribution in [2.45, 2.75) is 75.8 Å². The highest BCUT2D eigenvalue weighted by molar-refractivity contribution is 7.49. The van der Waals surface area contributed by atoms with Crippen molar-refractivity contribution in [1.82, 2.24) is 39.0 Å². The van der Waals surface area contributed by atoms with Crippen LogP contribution in [0.25, 0.3) is 22.3 Å². The summed E-state index contributed by atoms with van der Waals surface area (Å²) in [7, 11) is -8.92. The van der Waals surface area contributed by atoms with E-state index in [4.69, 9.17) is 52.8 Å². The largest absolute Gasteiger partial charge is 0.530 e. The minimum absolute atomic E-state index is 0.0287. The molecule has 0 radical (unpaired) electrons. The molecule has 25 heteroatoms. The molecule has 4 aliphatic heterocycles. The molecular formula is C31H35FN10O12P2. The van der Waals surface area contributed by atoms with Crippen LogP contribution in [-0.4, -0.2) is 99.7 Å². The Morgan fingerprint density at radius 2 is 1.43 bits per heavy atom. The number of aromatic nitrogens is 8. The van der Waals surface area contributed by atoms with E-state index in [9.17, 15) is 14.2 Å². The first kappa shape index (κ1) is 37.0. The highest BCUT2D eigenvalue weighted by atomic mass is 31.2. The first-order valence-electron chi connectivity index (χ1n) is 17.2. The molecule has 298 valence electrons. The van der Waals surface area contributed by atoms with Crippen LogP contribution in [0.4, 0.5) is 16.3 Å². The number of aliphatic hydroxyl groups is 1. The van der Waals surface area contributed by atoms with Crippen LogP contribution in [0, 0.1) is 6.92 Å². The SMILES string of the molecule is CCOc1nc(N)nc2c1ncn2[C@@H]1O[C@@H]2COP(=O)(Oc3cccc(OP4(=O)OC[C@H]5O[C@@H](n6cnc7c(C)nc(N)nc76)[C@](C)(F)[C@@H]5O4)c3)O[C@H]2[C@@]1(C)O. The van der Waals surface area contributed by atoms with Crippen molar-refractivity contribution in [2.24, 2.45) is 0 Å². The van der Waals surface area contributed by atoms with Gasteiger partial charge in [0.15, 0.2) is 34.9 Å². The van der Waals surface area contributed by atoms with Crippen LogP contribution in [0.1, 0.15) is 38.9 Å². The number of phosphoric ester groups is 2. The van der Waals surface area contributed by atoms with Crippen molar-refractivity contribution in [3.05, 3.63) is 42.6 Å². The summed E-state index contributed by atoms with van der Waals surface area (Å²) in [6.45, 7) is 5.79. The Hall–Kier alpha value is -4.57. The molecule has 22 nitrogen and oxygen atoms in total. The van der Waals surface area contributed by atoms with Gasteiger partial charge in [0, 0.05) is 6.07 Å². The van der Waals surface area contributed by atoms with Crippen molar-refractivity contribution in [3.8, 4) is 17.4 Å². The number of nitrogens with zero attached hydrogens (tertiary/aromatic N) is 8. The lowest BCUT2D eigenvalue weighted by molar-refractivity contribution is -0.0897. The summed E-state index contributed by atoms with van der Waals surface area (Å²) in [5, 5.41) is 11.7. The third-order valence-electron chi connectivity index (χ3n) is 9.72. The van der Waals surface area contributed by atoms with E-state index in [1.807, 2.05) is 0 Å². The molecule has 0 spiro atoms. The number of nitrogen functional groups attached to an aromatic ring is 2. The maximum atomic E-state index is 16.6. The molecule has 56 heavy (non-hydrogen) atoms. The van der Waals surface area contributed by atoms with Crippen LogP contribution in [0.2, 0.25) is 0 Å². The number of nitrogens with two attached hydrogens (primary N) is 2. The minimum Gasteiger partial charge on any atom is -0.476 e. The second kappa shape index (κ2) is 13.0. The van der Waals surface area contributed by atoms with Crippen LogP contribution in [0.15, 0.2) is 36.9 Å². The predicted molar refractivity (Wildman–Crippen MR) is 188 cm³/mol. The predicted octanol–water partition coefficient (Wildman–Crippen LogP) is 3.32. The first-order valence-corrected chi connectivity index (χ1v) is 20.2. The smallest absolute Gasteiger partial charge is 0.476 e. The maximum Gasteiger partial charge on any atom is 0.530 e. The lowest BCUT2D eigenvalue weighted by Crippen LogP contribution is -2.47. The zero-order chi connectivity index (χ0) is 39.4. The Labute approximate surface area is 315 Å². The van der Waals surface area contributed by atoms with Gasteiger partial charge in [0.2, 0.25) is 17.8 Å². The molecule has 0 bridgehead atoms. The molecule has 4 aliphatic rings. The van der Waals surface area contributed by atoms with Gasteiger partial charge in [-0.2, -0.15) is 15.0 Å². The molecule has 4 aromatic heterocycles. The van der Waals surface area contributed by atoms with Gasteiger partial charge in [0.1, 0.15) is 47.0 Å². The van der Waals surface area contributed by atoms with Gasteiger partial charge in [-0.3, -0.25) is 27.2 Å².